The summed E-state index contributed by atoms with van der Waals surface area (Å²) in [5, 5.41) is 2.56. The Morgan fingerprint density at radius 3 is 2.48 bits per heavy atom. The lowest BCUT2D eigenvalue weighted by atomic mass is 10.1. The van der Waals surface area contributed by atoms with Crippen molar-refractivity contribution in [3.63, 3.8) is 0 Å². The van der Waals surface area contributed by atoms with Gasteiger partial charge in [0.2, 0.25) is 0 Å². The molecule has 1 saturated heterocycles. The van der Waals surface area contributed by atoms with Crippen molar-refractivity contribution in [1.29, 1.82) is 0 Å². The first-order chi connectivity index (χ1) is 12.1. The van der Waals surface area contributed by atoms with Gasteiger partial charge in [-0.15, -0.1) is 0 Å². The number of benzene rings is 2. The van der Waals surface area contributed by atoms with E-state index >= 15 is 0 Å². The summed E-state index contributed by atoms with van der Waals surface area (Å²) in [6.45, 7) is 2.94. The van der Waals surface area contributed by atoms with Crippen LogP contribution in [0.1, 0.15) is 28.8 Å². The number of hydrogen-bond donors (Lipinski definition) is 1. The molecule has 1 heterocycles. The summed E-state index contributed by atoms with van der Waals surface area (Å²) in [4.78, 5) is 14.6. The lowest BCUT2D eigenvalue weighted by Crippen LogP contribution is -2.19. The van der Waals surface area contributed by atoms with E-state index < -0.39 is 23.1 Å². The number of rotatable bonds is 5. The number of methoxy groups -OCH3 is 1. The van der Waals surface area contributed by atoms with Crippen molar-refractivity contribution in [3.8, 4) is 5.75 Å². The molecule has 0 saturated carbocycles. The van der Waals surface area contributed by atoms with Gasteiger partial charge in [0.15, 0.2) is 0 Å². The van der Waals surface area contributed by atoms with Gasteiger partial charge in [0.1, 0.15) is 22.9 Å². The second-order valence-corrected chi connectivity index (χ2v) is 6.10. The first-order valence-electron chi connectivity index (χ1n) is 8.22. The average molecular weight is 346 g/mol. The van der Waals surface area contributed by atoms with Crippen LogP contribution in [-0.2, 0) is 6.54 Å². The Kier molecular flexibility index (Phi) is 5.28. The minimum Gasteiger partial charge on any atom is -0.497 e. The fraction of sp³-hybridized carbons (Fsp3) is 0.316. The van der Waals surface area contributed by atoms with E-state index in [1.807, 2.05) is 18.2 Å². The van der Waals surface area contributed by atoms with Crippen molar-refractivity contribution in [2.24, 2.45) is 0 Å². The van der Waals surface area contributed by atoms with Crippen LogP contribution < -0.4 is 10.1 Å². The highest BCUT2D eigenvalue weighted by Gasteiger charge is 2.19. The molecule has 2 aromatic rings. The Bertz CT molecular complexity index is 751. The lowest BCUT2D eigenvalue weighted by Gasteiger charge is -2.15. The number of carbonyl (C=O) groups excluding carboxylic acids is 1. The van der Waals surface area contributed by atoms with E-state index in [-0.39, 0.29) is 5.75 Å². The molecule has 2 aromatic carbocycles. The van der Waals surface area contributed by atoms with Crippen LogP contribution in [0.2, 0.25) is 0 Å². The van der Waals surface area contributed by atoms with Crippen molar-refractivity contribution in [2.45, 2.75) is 19.4 Å². The molecule has 1 N–H and O–H groups in total. The van der Waals surface area contributed by atoms with Crippen molar-refractivity contribution >= 4 is 11.6 Å². The number of carbonyl (C=O) groups is 1. The molecule has 132 valence electrons. The zero-order valence-corrected chi connectivity index (χ0v) is 14.0. The maximum atomic E-state index is 14.0. The van der Waals surface area contributed by atoms with Crippen molar-refractivity contribution < 1.29 is 18.3 Å². The number of ether oxygens (including phenoxy) is 1. The first kappa shape index (κ1) is 17.4. The third kappa shape index (κ3) is 4.14. The van der Waals surface area contributed by atoms with E-state index in [4.69, 9.17) is 4.74 Å². The highest BCUT2D eigenvalue weighted by Crippen LogP contribution is 2.22. The monoisotopic (exact) mass is 346 g/mol. The van der Waals surface area contributed by atoms with Gasteiger partial charge in [-0.1, -0.05) is 12.1 Å². The molecule has 1 fully saturated rings. The first-order valence-corrected chi connectivity index (χ1v) is 8.22. The number of halogens is 2. The fourth-order valence-electron chi connectivity index (χ4n) is 3.02. The van der Waals surface area contributed by atoms with Gasteiger partial charge in [-0.25, -0.2) is 8.78 Å². The Hall–Kier alpha value is -2.47. The number of nitrogens with zero attached hydrogens (tertiary/aromatic N) is 1. The van der Waals surface area contributed by atoms with Crippen LogP contribution in [0.4, 0.5) is 14.5 Å². The van der Waals surface area contributed by atoms with E-state index in [0.717, 1.165) is 37.3 Å². The van der Waals surface area contributed by atoms with Crippen LogP contribution in [0.15, 0.2) is 36.4 Å². The van der Waals surface area contributed by atoms with Gasteiger partial charge in [-0.05, 0) is 43.6 Å². The van der Waals surface area contributed by atoms with E-state index in [9.17, 15) is 13.6 Å². The normalized spacial score (nSPS) is 14.5. The van der Waals surface area contributed by atoms with Gasteiger partial charge in [0.25, 0.3) is 5.91 Å². The Morgan fingerprint density at radius 2 is 1.84 bits per heavy atom. The summed E-state index contributed by atoms with van der Waals surface area (Å²) in [5.74, 6) is -2.71. The molecule has 1 aliphatic heterocycles. The SMILES string of the molecule is COc1cc(F)c(C(=O)Nc2cccc(CN3CCCC3)c2)c(F)c1. The van der Waals surface area contributed by atoms with E-state index in [0.29, 0.717) is 5.69 Å². The van der Waals surface area contributed by atoms with Gasteiger partial charge < -0.3 is 10.1 Å². The fourth-order valence-corrected chi connectivity index (χ4v) is 3.02. The van der Waals surface area contributed by atoms with Crippen LogP contribution in [0.3, 0.4) is 0 Å². The number of hydrogen-bond acceptors (Lipinski definition) is 3. The number of likely N-dealkylation sites (tertiary alicyclic amines) is 1. The summed E-state index contributed by atoms with van der Waals surface area (Å²) in [6, 6.07) is 9.30. The third-order valence-corrected chi connectivity index (χ3v) is 4.27. The van der Waals surface area contributed by atoms with E-state index in [2.05, 4.69) is 10.2 Å². The molecule has 0 bridgehead atoms. The van der Waals surface area contributed by atoms with Gasteiger partial charge >= 0.3 is 0 Å². The topological polar surface area (TPSA) is 41.6 Å². The largest absolute Gasteiger partial charge is 0.497 e. The van der Waals surface area contributed by atoms with Gasteiger partial charge in [-0.2, -0.15) is 0 Å². The second kappa shape index (κ2) is 7.61. The maximum absolute atomic E-state index is 14.0. The minimum atomic E-state index is -0.956. The molecule has 25 heavy (non-hydrogen) atoms. The summed E-state index contributed by atoms with van der Waals surface area (Å²) in [7, 11) is 1.31. The third-order valence-electron chi connectivity index (χ3n) is 4.27. The molecule has 0 atom stereocenters. The van der Waals surface area contributed by atoms with Crippen LogP contribution in [-0.4, -0.2) is 31.0 Å². The molecule has 0 unspecified atom stereocenters. The van der Waals surface area contributed by atoms with E-state index in [1.54, 1.807) is 6.07 Å². The maximum Gasteiger partial charge on any atom is 0.261 e. The van der Waals surface area contributed by atoms with Gasteiger partial charge in [0.05, 0.1) is 7.11 Å². The minimum absolute atomic E-state index is 0.0270. The molecule has 0 spiro atoms. The number of nitrogens with one attached hydrogen (secondary N) is 1. The van der Waals surface area contributed by atoms with Crippen molar-refractivity contribution in [3.05, 3.63) is 59.2 Å². The van der Waals surface area contributed by atoms with E-state index in [1.165, 1.54) is 20.0 Å². The molecule has 0 aliphatic carbocycles. The van der Waals surface area contributed by atoms with Crippen LogP contribution in [0.25, 0.3) is 0 Å². The molecule has 4 nitrogen and oxygen atoms in total. The van der Waals surface area contributed by atoms with Gasteiger partial charge in [0, 0.05) is 24.4 Å². The quantitative estimate of drug-likeness (QED) is 0.895. The highest BCUT2D eigenvalue weighted by molar-refractivity contribution is 6.04. The summed E-state index contributed by atoms with van der Waals surface area (Å²) in [6.07, 6.45) is 2.40. The lowest BCUT2D eigenvalue weighted by molar-refractivity contribution is 0.101. The molecule has 1 aliphatic rings. The molecule has 0 aromatic heterocycles. The molecule has 1 amide bonds. The second-order valence-electron chi connectivity index (χ2n) is 6.10. The Labute approximate surface area is 145 Å². The molecule has 0 radical (unpaired) electrons. The predicted molar refractivity (Wildman–Crippen MR) is 91.8 cm³/mol. The summed E-state index contributed by atoms with van der Waals surface area (Å²) >= 11 is 0. The van der Waals surface area contributed by atoms with Crippen molar-refractivity contribution in [1.82, 2.24) is 4.90 Å². The molecule has 6 heteroatoms. The zero-order chi connectivity index (χ0) is 17.8. The number of anilines is 1. The smallest absolute Gasteiger partial charge is 0.261 e. The Morgan fingerprint density at radius 1 is 1.16 bits per heavy atom. The molecule has 3 rings (SSSR count). The standard InChI is InChI=1S/C19H20F2N2O2/c1-25-15-10-16(20)18(17(21)11-15)19(24)22-14-6-4-5-13(9-14)12-23-7-2-3-8-23/h4-6,9-11H,2-3,7-8,12H2,1H3,(H,22,24). The summed E-state index contributed by atoms with van der Waals surface area (Å²) < 4.78 is 32.8. The molecular formula is C19H20F2N2O2. The average Bonchev–Trinajstić information content (AvgIpc) is 3.07. The molecular weight excluding hydrogens is 326 g/mol. The van der Waals surface area contributed by atoms with Crippen molar-refractivity contribution in [2.75, 3.05) is 25.5 Å². The van der Waals surface area contributed by atoms with Crippen LogP contribution >= 0.6 is 0 Å². The van der Waals surface area contributed by atoms with Crippen LogP contribution in [0.5, 0.6) is 5.75 Å². The highest BCUT2D eigenvalue weighted by atomic mass is 19.1. The summed E-state index contributed by atoms with van der Waals surface area (Å²) in [5.41, 5.74) is 0.942. The Balaban J connectivity index is 1.75. The van der Waals surface area contributed by atoms with Gasteiger partial charge in [-0.3, -0.25) is 9.69 Å². The number of amides is 1. The predicted octanol–water partition coefficient (Wildman–Crippen LogP) is 3.82. The zero-order valence-electron chi connectivity index (χ0n) is 14.0. The van der Waals surface area contributed by atoms with Crippen LogP contribution in [0, 0.1) is 11.6 Å².